The van der Waals surface area contributed by atoms with Gasteiger partial charge in [0.15, 0.2) is 11.5 Å². The third kappa shape index (κ3) is 3.31. The topological polar surface area (TPSA) is 33.7 Å². The normalized spacial score (nSPS) is 18.1. The van der Waals surface area contributed by atoms with Crippen molar-refractivity contribution in [1.82, 2.24) is 10.2 Å². The van der Waals surface area contributed by atoms with Crippen LogP contribution in [-0.4, -0.2) is 44.3 Å². The number of nitrogens with zero attached hydrogens (tertiary/aromatic N) is 1. The molecule has 0 unspecified atom stereocenters. The van der Waals surface area contributed by atoms with Crippen LogP contribution in [0, 0.1) is 0 Å². The molecule has 0 aliphatic carbocycles. The zero-order valence-corrected chi connectivity index (χ0v) is 13.1. The van der Waals surface area contributed by atoms with E-state index in [-0.39, 0.29) is 12.4 Å². The molecule has 0 radical (unpaired) electrons. The van der Waals surface area contributed by atoms with Crippen LogP contribution in [0.25, 0.3) is 0 Å². The lowest BCUT2D eigenvalue weighted by Crippen LogP contribution is -2.55. The molecule has 0 saturated carbocycles. The second-order valence-corrected chi connectivity index (χ2v) is 5.59. The van der Waals surface area contributed by atoms with E-state index in [4.69, 9.17) is 21.1 Å². The molecule has 1 aromatic rings. The van der Waals surface area contributed by atoms with Gasteiger partial charge in [-0.15, -0.1) is 12.4 Å². The molecule has 6 heteroatoms. The first-order chi connectivity index (χ1) is 9.24. The van der Waals surface area contributed by atoms with E-state index in [1.54, 1.807) is 0 Å². The maximum Gasteiger partial charge on any atom is 0.179 e. The van der Waals surface area contributed by atoms with E-state index in [0.29, 0.717) is 30.0 Å². The summed E-state index contributed by atoms with van der Waals surface area (Å²) in [6, 6.07) is 4.65. The first kappa shape index (κ1) is 15.7. The molecule has 0 aromatic heterocycles. The number of hydrogen-bond donors (Lipinski definition) is 1. The highest BCUT2D eigenvalue weighted by Gasteiger charge is 2.22. The smallest absolute Gasteiger partial charge is 0.179 e. The third-order valence-electron chi connectivity index (χ3n) is 3.68. The lowest BCUT2D eigenvalue weighted by atomic mass is 10.1. The van der Waals surface area contributed by atoms with Gasteiger partial charge >= 0.3 is 0 Å². The van der Waals surface area contributed by atoms with Crippen molar-refractivity contribution in [2.45, 2.75) is 19.0 Å². The Kier molecular flexibility index (Phi) is 5.38. The molecule has 0 atom stereocenters. The van der Waals surface area contributed by atoms with E-state index in [1.165, 1.54) is 5.56 Å². The average molecular weight is 319 g/mol. The van der Waals surface area contributed by atoms with E-state index in [0.717, 1.165) is 31.8 Å². The summed E-state index contributed by atoms with van der Waals surface area (Å²) in [6.07, 6.45) is 0.897. The van der Waals surface area contributed by atoms with Crippen LogP contribution in [0.2, 0.25) is 5.02 Å². The molecule has 3 rings (SSSR count). The summed E-state index contributed by atoms with van der Waals surface area (Å²) in [5, 5.41) is 3.93. The summed E-state index contributed by atoms with van der Waals surface area (Å²) in [5.41, 5.74) is 1.17. The second-order valence-electron chi connectivity index (χ2n) is 5.18. The van der Waals surface area contributed by atoms with Gasteiger partial charge in [0.1, 0.15) is 0 Å². The number of rotatable bonds is 3. The van der Waals surface area contributed by atoms with Crippen LogP contribution in [0.5, 0.6) is 11.5 Å². The van der Waals surface area contributed by atoms with Gasteiger partial charge in [0, 0.05) is 32.1 Å². The van der Waals surface area contributed by atoms with Crippen LogP contribution in [0.3, 0.4) is 0 Å². The number of fused-ring (bicyclic) bond motifs is 1. The lowest BCUT2D eigenvalue weighted by molar-refractivity contribution is 0.173. The quantitative estimate of drug-likeness (QED) is 0.927. The van der Waals surface area contributed by atoms with Crippen LogP contribution in [0.15, 0.2) is 12.1 Å². The van der Waals surface area contributed by atoms with E-state index in [1.807, 2.05) is 6.07 Å². The van der Waals surface area contributed by atoms with E-state index in [9.17, 15) is 0 Å². The summed E-state index contributed by atoms with van der Waals surface area (Å²) in [5.74, 6) is 1.47. The maximum absolute atomic E-state index is 6.29. The summed E-state index contributed by atoms with van der Waals surface area (Å²) in [4.78, 5) is 2.34. The molecule has 20 heavy (non-hydrogen) atoms. The van der Waals surface area contributed by atoms with Gasteiger partial charge in [0.05, 0.1) is 18.2 Å². The van der Waals surface area contributed by atoms with Gasteiger partial charge in [0.25, 0.3) is 0 Å². The molecule has 4 nitrogen and oxygen atoms in total. The summed E-state index contributed by atoms with van der Waals surface area (Å²) in [7, 11) is 2.14. The van der Waals surface area contributed by atoms with Crippen LogP contribution in [0.4, 0.5) is 0 Å². The zero-order valence-electron chi connectivity index (χ0n) is 11.5. The number of likely N-dealkylation sites (N-methyl/N-ethyl adjacent to an activating group) is 1. The third-order valence-corrected chi connectivity index (χ3v) is 3.96. The fourth-order valence-corrected chi connectivity index (χ4v) is 2.67. The van der Waals surface area contributed by atoms with Crippen molar-refractivity contribution in [1.29, 1.82) is 0 Å². The highest BCUT2D eigenvalue weighted by atomic mass is 35.5. The molecule has 0 bridgehead atoms. The predicted molar refractivity (Wildman–Crippen MR) is 82.4 cm³/mol. The number of halogens is 2. The SMILES string of the molecule is CN(Cc1cc(Cl)c2c(c1)OCCCO2)C1CNC1.Cl. The first-order valence-corrected chi connectivity index (χ1v) is 7.11. The average Bonchev–Trinajstić information content (AvgIpc) is 2.51. The van der Waals surface area contributed by atoms with Gasteiger partial charge < -0.3 is 14.8 Å². The zero-order chi connectivity index (χ0) is 13.2. The molecule has 1 N–H and O–H groups in total. The molecular weight excluding hydrogens is 299 g/mol. The molecule has 1 aromatic carbocycles. The Bertz CT molecular complexity index is 467. The minimum Gasteiger partial charge on any atom is -0.489 e. The molecule has 2 heterocycles. The van der Waals surface area contributed by atoms with Gasteiger partial charge in [-0.25, -0.2) is 0 Å². The Morgan fingerprint density at radius 2 is 2.05 bits per heavy atom. The Labute approximate surface area is 130 Å². The minimum atomic E-state index is 0. The fourth-order valence-electron chi connectivity index (χ4n) is 2.38. The van der Waals surface area contributed by atoms with E-state index >= 15 is 0 Å². The summed E-state index contributed by atoms with van der Waals surface area (Å²) in [6.45, 7) is 4.36. The Morgan fingerprint density at radius 3 is 2.75 bits per heavy atom. The van der Waals surface area contributed by atoms with Crippen molar-refractivity contribution < 1.29 is 9.47 Å². The van der Waals surface area contributed by atoms with Gasteiger partial charge in [-0.1, -0.05) is 11.6 Å². The van der Waals surface area contributed by atoms with Gasteiger partial charge in [-0.2, -0.15) is 0 Å². The van der Waals surface area contributed by atoms with Crippen molar-refractivity contribution in [2.24, 2.45) is 0 Å². The number of hydrogen-bond acceptors (Lipinski definition) is 4. The van der Waals surface area contributed by atoms with Gasteiger partial charge in [-0.3, -0.25) is 4.90 Å². The van der Waals surface area contributed by atoms with Crippen LogP contribution in [0.1, 0.15) is 12.0 Å². The first-order valence-electron chi connectivity index (χ1n) is 6.73. The van der Waals surface area contributed by atoms with Crippen LogP contribution < -0.4 is 14.8 Å². The maximum atomic E-state index is 6.29. The van der Waals surface area contributed by atoms with Crippen molar-refractivity contribution in [3.63, 3.8) is 0 Å². The number of ether oxygens (including phenoxy) is 2. The molecule has 1 saturated heterocycles. The molecule has 0 amide bonds. The predicted octanol–water partition coefficient (Wildman–Crippen LogP) is 2.33. The molecule has 2 aliphatic rings. The summed E-state index contributed by atoms with van der Waals surface area (Å²) >= 11 is 6.29. The Morgan fingerprint density at radius 1 is 1.30 bits per heavy atom. The van der Waals surface area contributed by atoms with Crippen LogP contribution in [-0.2, 0) is 6.54 Å². The largest absolute Gasteiger partial charge is 0.489 e. The highest BCUT2D eigenvalue weighted by Crippen LogP contribution is 2.38. The summed E-state index contributed by atoms with van der Waals surface area (Å²) < 4.78 is 11.4. The molecule has 112 valence electrons. The van der Waals surface area contributed by atoms with Crippen LogP contribution >= 0.6 is 24.0 Å². The van der Waals surface area contributed by atoms with Gasteiger partial charge in [0.2, 0.25) is 0 Å². The Hall–Kier alpha value is -0.680. The van der Waals surface area contributed by atoms with Crippen molar-refractivity contribution in [2.75, 3.05) is 33.4 Å². The molecule has 1 fully saturated rings. The minimum absolute atomic E-state index is 0. The van der Waals surface area contributed by atoms with Crippen molar-refractivity contribution >= 4 is 24.0 Å². The standard InChI is InChI=1S/C14H19ClN2O2.ClH/c1-17(11-7-16-8-11)9-10-5-12(15)14-13(6-10)18-3-2-4-19-14;/h5-6,11,16H,2-4,7-9H2,1H3;1H. The molecule has 2 aliphatic heterocycles. The Balaban J connectivity index is 0.00000147. The van der Waals surface area contributed by atoms with E-state index < -0.39 is 0 Å². The second kappa shape index (κ2) is 6.85. The monoisotopic (exact) mass is 318 g/mol. The molecular formula is C14H20Cl2N2O2. The van der Waals surface area contributed by atoms with E-state index in [2.05, 4.69) is 23.3 Å². The van der Waals surface area contributed by atoms with Crippen molar-refractivity contribution in [3.05, 3.63) is 22.7 Å². The highest BCUT2D eigenvalue weighted by molar-refractivity contribution is 6.32. The lowest BCUT2D eigenvalue weighted by Gasteiger charge is -2.35. The fraction of sp³-hybridized carbons (Fsp3) is 0.571. The van der Waals surface area contributed by atoms with Gasteiger partial charge in [-0.05, 0) is 24.7 Å². The number of nitrogens with one attached hydrogen (secondary N) is 1. The number of benzene rings is 1. The molecule has 0 spiro atoms. The van der Waals surface area contributed by atoms with Crippen molar-refractivity contribution in [3.8, 4) is 11.5 Å².